The highest BCUT2D eigenvalue weighted by Crippen LogP contribution is 2.53. The van der Waals surface area contributed by atoms with Gasteiger partial charge in [0.2, 0.25) is 47.3 Å². The molecule has 8 aliphatic rings. The molecule has 19 atom stereocenters. The highest BCUT2D eigenvalue weighted by Gasteiger charge is 2.64. The number of unbranched alkanes of at least 4 members (excludes halogenated alkanes) is 3. The van der Waals surface area contributed by atoms with Crippen LogP contribution >= 0.6 is 0 Å². The van der Waals surface area contributed by atoms with E-state index in [9.17, 15) is 63.9 Å². The maximum atomic E-state index is 15.6. The number of nitrogens with one attached hydrogen (secondary N) is 10. The van der Waals surface area contributed by atoms with Crippen LogP contribution in [0.5, 0.6) is 0 Å². The van der Waals surface area contributed by atoms with Gasteiger partial charge >= 0.3 is 11.9 Å². The van der Waals surface area contributed by atoms with Crippen LogP contribution in [0.3, 0.4) is 0 Å². The molecule has 39 heteroatoms. The van der Waals surface area contributed by atoms with E-state index >= 15 is 19.2 Å². The molecule has 6 saturated heterocycles. The molecule has 6 fully saturated rings. The topological polar surface area (TPSA) is 555 Å². The third kappa shape index (κ3) is 17.5. The summed E-state index contributed by atoms with van der Waals surface area (Å²) < 4.78 is 11.9. The van der Waals surface area contributed by atoms with Crippen LogP contribution in [0.25, 0.3) is 32.0 Å². The van der Waals surface area contributed by atoms with Crippen molar-refractivity contribution in [2.45, 2.75) is 261 Å². The van der Waals surface area contributed by atoms with Crippen molar-refractivity contribution in [2.24, 2.45) is 33.9 Å². The second-order valence-electron chi connectivity index (χ2n) is 31.6. The number of carbonyl (C=O) groups excluding carboxylic acids is 12. The summed E-state index contributed by atoms with van der Waals surface area (Å²) in [6, 6.07) is -6.47. The number of cyclic esters (lactones) is 2. The summed E-state index contributed by atoms with van der Waals surface area (Å²) >= 11 is 0. The summed E-state index contributed by atoms with van der Waals surface area (Å²) in [7, 11) is 0. The number of hydrazine groups is 2. The van der Waals surface area contributed by atoms with E-state index in [2.05, 4.69) is 73.4 Å². The van der Waals surface area contributed by atoms with Crippen molar-refractivity contribution in [1.29, 1.82) is 0 Å². The minimum atomic E-state index is -2.25. The van der Waals surface area contributed by atoms with Crippen LogP contribution in [0.15, 0.2) is 46.6 Å². The number of fused-ring (bicyclic) bond motifs is 12. The maximum absolute atomic E-state index is 15.6. The van der Waals surface area contributed by atoms with Gasteiger partial charge in [-0.2, -0.15) is 0 Å². The van der Waals surface area contributed by atoms with Gasteiger partial charge < -0.3 is 87.3 Å². The molecule has 8 aliphatic heterocycles. The Balaban J connectivity index is 1.01. The molecule has 0 spiro atoms. The summed E-state index contributed by atoms with van der Waals surface area (Å²) in [6.45, 7) is 15.3. The largest absolute Gasteiger partial charge is 0.450 e. The van der Waals surface area contributed by atoms with E-state index in [1.54, 1.807) is 91.8 Å². The molecular weight excluding hydrogens is 1460 g/mol. The quantitative estimate of drug-likeness (QED) is 0.0304. The normalized spacial score (nSPS) is 31.5. The number of β-amino-alcohol motifs (C(OH)–C–C–N with tert-alkyl or cyclic N) is 1. The van der Waals surface area contributed by atoms with Crippen molar-refractivity contribution in [3.8, 4) is 11.1 Å². The molecule has 0 bridgehead atoms. The SMILES string of the molecule is CC(C)[C@@H]1OC(=O)[C@@H](C(C)C)NC(=O)[C@@H]2C[C@@]3(O)c4cc(-c5ccc6c(c5)[C@]5(O)C[C@H]7C(=O)N[C@H](C(C)C)C(=O)O[C@@H](C(C)C)C(=O)N8NC[C@H](O)C[C@@H]8C(=O)N[C@@H](CCCCN=[N+]=[N-])C(=O)N[C@H]([C@H](C)O)C(=O)N7[C@@H]5N6)ccc4N[C@H]3N2C(=O)[C@@H]([C@H](C)O)NC(=O)[C@H](CCCCCN=[N+]=[N-])NC(=O)[C@H]2CCCNN2C1=O. The first kappa shape index (κ1) is 84.5. The highest BCUT2D eigenvalue weighted by atomic mass is 16.6. The molecule has 0 aromatic heterocycles. The molecule has 0 radical (unpaired) electrons. The van der Waals surface area contributed by atoms with Gasteiger partial charge in [0, 0.05) is 77.8 Å². The first-order valence-electron chi connectivity index (χ1n) is 38.4. The standard InChI is InChI=1S/C73H104N20O19/c1-33(2)52-68(107)111-56(35(5)6)66(105)92-48(19-16-26-78-92)60(99)80-46(17-12-11-14-24-76-88-74)58(97)86-54(37(9)94)64(103)90-50(62(101)84-52)30-72(109)42-27-39(20-22-44(42)82-70(72)90)40-21-23-45-43(28-40)73(110)31-51-63(102)85-53(34(3)4)69(108)112-57(36(7)8)67(106)93-49(29-41(96)32-79-93)61(100)81-47(18-13-15-25-77-89-75)59(98)87-55(38(10)95)65(104)91(51)71(73)83-45/h20-23,27-28,33-38,41,46-57,70-71,78-79,82-83,94-96,109-110H,11-19,24-26,29-32H2,1-10H3,(H,80,99)(H,81,100)(H,84,101)(H,85,102)(H,86,97)(H,87,98)/t37-,38-,41+,46-,47-,48+,49+,50-,51-,52+,53+,54+,55+,56-,57-,70-,71-,72+,73+/m0/s1. The Hall–Kier alpha value is -9.98. The molecule has 0 saturated carbocycles. The Labute approximate surface area is 646 Å². The molecule has 0 unspecified atom stereocenters. The van der Waals surface area contributed by atoms with Crippen LogP contribution in [0, 0.1) is 23.7 Å². The van der Waals surface area contributed by atoms with Crippen molar-refractivity contribution in [2.75, 3.05) is 36.8 Å². The minimum absolute atomic E-state index is 0.00153. The number of hydrogen-bond acceptors (Lipinski definition) is 25. The van der Waals surface area contributed by atoms with E-state index in [0.29, 0.717) is 30.4 Å². The molecule has 39 nitrogen and oxygen atoms in total. The van der Waals surface area contributed by atoms with Gasteiger partial charge in [0.05, 0.1) is 18.3 Å². The summed E-state index contributed by atoms with van der Waals surface area (Å²) in [5.74, 6) is -14.7. The molecule has 2 aromatic carbocycles. The molecular formula is C73H104N20O19. The molecule has 112 heavy (non-hydrogen) atoms. The maximum Gasteiger partial charge on any atom is 0.329 e. The fourth-order valence-electron chi connectivity index (χ4n) is 16.0. The summed E-state index contributed by atoms with van der Waals surface area (Å²) in [4.78, 5) is 186. The summed E-state index contributed by atoms with van der Waals surface area (Å²) in [5, 5.41) is 92.3. The van der Waals surface area contributed by atoms with Gasteiger partial charge in [0.1, 0.15) is 84.0 Å². The molecule has 10 rings (SSSR count). The fourth-order valence-corrected chi connectivity index (χ4v) is 16.0. The number of aliphatic hydroxyl groups excluding tert-OH is 3. The lowest BCUT2D eigenvalue weighted by molar-refractivity contribution is -0.172. The Morgan fingerprint density at radius 1 is 0.491 bits per heavy atom. The van der Waals surface area contributed by atoms with Crippen LogP contribution in [0.1, 0.15) is 157 Å². The molecule has 610 valence electrons. The van der Waals surface area contributed by atoms with Crippen LogP contribution < -0.4 is 53.4 Å². The van der Waals surface area contributed by atoms with E-state index in [1.165, 1.54) is 13.8 Å². The predicted molar refractivity (Wildman–Crippen MR) is 397 cm³/mol. The van der Waals surface area contributed by atoms with Crippen molar-refractivity contribution in [1.82, 2.24) is 62.6 Å². The van der Waals surface area contributed by atoms with E-state index in [1.807, 2.05) is 0 Å². The first-order valence-corrected chi connectivity index (χ1v) is 38.4. The molecule has 10 amide bonds. The number of anilines is 2. The average molecular weight is 1570 g/mol. The first-order chi connectivity index (χ1) is 53.1. The van der Waals surface area contributed by atoms with Crippen molar-refractivity contribution in [3.05, 3.63) is 68.4 Å². The van der Waals surface area contributed by atoms with Crippen molar-refractivity contribution < 1.29 is 92.5 Å². The number of carbonyl (C=O) groups is 12. The molecule has 2 aromatic rings. The monoisotopic (exact) mass is 1560 g/mol. The van der Waals surface area contributed by atoms with Crippen LogP contribution in [-0.2, 0) is 78.2 Å². The Bertz CT molecular complexity index is 4050. The number of aliphatic hydroxyl groups is 5. The zero-order chi connectivity index (χ0) is 81.7. The zero-order valence-electron chi connectivity index (χ0n) is 64.3. The number of esters is 2. The number of hydrogen-bond donors (Lipinski definition) is 15. The summed E-state index contributed by atoms with van der Waals surface area (Å²) in [5.41, 5.74) is 20.4. The molecule has 0 aliphatic carbocycles. The Kier molecular flexibility index (Phi) is 26.7. The lowest BCUT2D eigenvalue weighted by Crippen LogP contribution is -2.67. The van der Waals surface area contributed by atoms with Gasteiger partial charge in [-0.15, -0.1) is 0 Å². The van der Waals surface area contributed by atoms with E-state index < -0.39 is 222 Å². The molecule has 8 heterocycles. The third-order valence-electron chi connectivity index (χ3n) is 22.1. The lowest BCUT2D eigenvalue weighted by Gasteiger charge is -2.40. The Morgan fingerprint density at radius 2 is 0.893 bits per heavy atom. The van der Waals surface area contributed by atoms with Gasteiger partial charge in [-0.1, -0.05) is 97.0 Å². The van der Waals surface area contributed by atoms with Gasteiger partial charge in [0.15, 0.2) is 12.2 Å². The van der Waals surface area contributed by atoms with Gasteiger partial charge in [0.25, 0.3) is 11.8 Å². The number of ether oxygens (including phenoxy) is 2. The second kappa shape index (κ2) is 35.4. The number of benzene rings is 2. The van der Waals surface area contributed by atoms with Crippen molar-refractivity contribution >= 4 is 82.4 Å². The predicted octanol–water partition coefficient (Wildman–Crippen LogP) is -0.108. The van der Waals surface area contributed by atoms with Crippen LogP contribution in [0.2, 0.25) is 0 Å². The van der Waals surface area contributed by atoms with Gasteiger partial charge in [-0.3, -0.25) is 58.0 Å². The van der Waals surface area contributed by atoms with Gasteiger partial charge in [-0.25, -0.2) is 20.4 Å². The smallest absolute Gasteiger partial charge is 0.329 e. The highest BCUT2D eigenvalue weighted by molar-refractivity contribution is 6.01. The Morgan fingerprint density at radius 3 is 1.31 bits per heavy atom. The van der Waals surface area contributed by atoms with E-state index in [0.717, 1.165) is 19.8 Å². The zero-order valence-corrected chi connectivity index (χ0v) is 64.3. The summed E-state index contributed by atoms with van der Waals surface area (Å²) in [6.07, 6.45) is -10.7. The second-order valence-corrected chi connectivity index (χ2v) is 31.6. The minimum Gasteiger partial charge on any atom is -0.450 e. The van der Waals surface area contributed by atoms with E-state index in [4.69, 9.17) is 20.5 Å². The fraction of sp³-hybridized carbons (Fsp3) is 0.671. The van der Waals surface area contributed by atoms with Crippen molar-refractivity contribution in [3.63, 3.8) is 0 Å². The van der Waals surface area contributed by atoms with Gasteiger partial charge in [-0.05, 0) is 122 Å². The van der Waals surface area contributed by atoms with E-state index in [-0.39, 0.29) is 93.6 Å². The number of nitrogens with zero attached hydrogens (tertiary/aromatic N) is 10. The number of rotatable bonds is 18. The number of azide groups is 2. The third-order valence-corrected chi connectivity index (χ3v) is 22.1. The average Bonchev–Trinajstić information content (AvgIpc) is 1.55. The lowest BCUT2D eigenvalue weighted by atomic mass is 9.86. The molecule has 15 N–H and O–H groups in total. The van der Waals surface area contributed by atoms with Crippen LogP contribution in [0.4, 0.5) is 11.4 Å². The van der Waals surface area contributed by atoms with Crippen LogP contribution in [-0.4, -0.2) is 246 Å². The number of amides is 10.